The van der Waals surface area contributed by atoms with Crippen LogP contribution in [0.3, 0.4) is 0 Å². The van der Waals surface area contributed by atoms with E-state index >= 15 is 0 Å². The molecule has 2 rings (SSSR count). The molecule has 0 saturated carbocycles. The standard InChI is InChI=1S/C13H16O7S/c1-2-19-11-5-8(13(15)16)3-4-10(11)20-12-7-21(17,18)6-9(12)14/h3-5,9,12,14H,2,6-7H2,1H3,(H,15,16). The van der Waals surface area contributed by atoms with Gasteiger partial charge in [0.2, 0.25) is 0 Å². The summed E-state index contributed by atoms with van der Waals surface area (Å²) in [6, 6.07) is 4.03. The van der Waals surface area contributed by atoms with Gasteiger partial charge in [0, 0.05) is 0 Å². The van der Waals surface area contributed by atoms with E-state index in [1.807, 2.05) is 0 Å². The van der Waals surface area contributed by atoms with E-state index in [1.165, 1.54) is 18.2 Å². The van der Waals surface area contributed by atoms with Crippen molar-refractivity contribution in [3.8, 4) is 11.5 Å². The van der Waals surface area contributed by atoms with Gasteiger partial charge >= 0.3 is 5.97 Å². The second-order valence-corrected chi connectivity index (χ2v) is 6.85. The molecule has 1 saturated heterocycles. The number of aromatic carboxylic acids is 1. The SMILES string of the molecule is CCOc1cc(C(=O)O)ccc1OC1CS(=O)(=O)CC1O. The number of carbonyl (C=O) groups is 1. The summed E-state index contributed by atoms with van der Waals surface area (Å²) in [7, 11) is -3.32. The Balaban J connectivity index is 2.25. The van der Waals surface area contributed by atoms with Gasteiger partial charge in [-0.25, -0.2) is 13.2 Å². The Kier molecular flexibility index (Phi) is 4.38. The van der Waals surface area contributed by atoms with Crippen molar-refractivity contribution in [2.75, 3.05) is 18.1 Å². The minimum Gasteiger partial charge on any atom is -0.490 e. The number of benzene rings is 1. The lowest BCUT2D eigenvalue weighted by Gasteiger charge is -2.18. The number of carboxylic acid groups (broad SMARTS) is 1. The van der Waals surface area contributed by atoms with Gasteiger partial charge in [0.15, 0.2) is 21.3 Å². The van der Waals surface area contributed by atoms with Gasteiger partial charge in [0.25, 0.3) is 0 Å². The highest BCUT2D eigenvalue weighted by Gasteiger charge is 2.38. The van der Waals surface area contributed by atoms with Crippen LogP contribution in [0.1, 0.15) is 17.3 Å². The molecule has 1 aliphatic rings. The van der Waals surface area contributed by atoms with E-state index in [4.69, 9.17) is 14.6 Å². The summed E-state index contributed by atoms with van der Waals surface area (Å²) >= 11 is 0. The smallest absolute Gasteiger partial charge is 0.335 e. The predicted octanol–water partition coefficient (Wildman–Crippen LogP) is 0.320. The molecule has 7 nitrogen and oxygen atoms in total. The predicted molar refractivity (Wildman–Crippen MR) is 73.6 cm³/mol. The van der Waals surface area contributed by atoms with Crippen molar-refractivity contribution in [2.45, 2.75) is 19.1 Å². The monoisotopic (exact) mass is 316 g/mol. The maximum Gasteiger partial charge on any atom is 0.335 e. The largest absolute Gasteiger partial charge is 0.490 e. The Morgan fingerprint density at radius 1 is 1.33 bits per heavy atom. The maximum atomic E-state index is 11.4. The topological polar surface area (TPSA) is 110 Å². The third kappa shape index (κ3) is 3.64. The molecule has 1 aromatic rings. The van der Waals surface area contributed by atoms with E-state index in [1.54, 1.807) is 6.92 Å². The summed E-state index contributed by atoms with van der Waals surface area (Å²) in [4.78, 5) is 10.9. The Morgan fingerprint density at radius 2 is 2.05 bits per heavy atom. The molecule has 0 spiro atoms. The highest BCUT2D eigenvalue weighted by molar-refractivity contribution is 7.91. The van der Waals surface area contributed by atoms with Gasteiger partial charge in [0.05, 0.1) is 23.7 Å². The van der Waals surface area contributed by atoms with Gasteiger partial charge < -0.3 is 19.7 Å². The van der Waals surface area contributed by atoms with Crippen molar-refractivity contribution in [2.24, 2.45) is 0 Å². The second kappa shape index (κ2) is 5.90. The fourth-order valence-electron chi connectivity index (χ4n) is 2.08. The Hall–Kier alpha value is -1.80. The van der Waals surface area contributed by atoms with Crippen LogP contribution in [0.5, 0.6) is 11.5 Å². The number of sulfone groups is 1. The van der Waals surface area contributed by atoms with Crippen molar-refractivity contribution in [3.63, 3.8) is 0 Å². The molecule has 2 N–H and O–H groups in total. The van der Waals surface area contributed by atoms with E-state index in [2.05, 4.69) is 0 Å². The maximum absolute atomic E-state index is 11.4. The normalized spacial score (nSPS) is 23.7. The molecule has 0 aromatic heterocycles. The van der Waals surface area contributed by atoms with Crippen LogP contribution in [0.4, 0.5) is 0 Å². The number of rotatable bonds is 5. The van der Waals surface area contributed by atoms with Crippen LogP contribution in [-0.2, 0) is 9.84 Å². The molecule has 0 amide bonds. The third-order valence-corrected chi connectivity index (χ3v) is 4.73. The van der Waals surface area contributed by atoms with Crippen molar-refractivity contribution < 1.29 is 32.9 Å². The molecular weight excluding hydrogens is 300 g/mol. The average molecular weight is 316 g/mol. The molecule has 1 fully saturated rings. The molecule has 0 radical (unpaired) electrons. The lowest BCUT2D eigenvalue weighted by Crippen LogP contribution is -2.30. The Bertz CT molecular complexity index is 638. The second-order valence-electron chi connectivity index (χ2n) is 4.70. The summed E-state index contributed by atoms with van der Waals surface area (Å²) in [5.74, 6) is -1.31. The van der Waals surface area contributed by atoms with E-state index in [0.29, 0.717) is 6.61 Å². The minimum atomic E-state index is -3.32. The van der Waals surface area contributed by atoms with Crippen molar-refractivity contribution >= 4 is 15.8 Å². The Morgan fingerprint density at radius 3 is 2.57 bits per heavy atom. The van der Waals surface area contributed by atoms with Crippen molar-refractivity contribution in [3.05, 3.63) is 23.8 Å². The first-order chi connectivity index (χ1) is 9.82. The number of aliphatic hydroxyl groups is 1. The number of carboxylic acids is 1. The number of ether oxygens (including phenoxy) is 2. The number of aliphatic hydroxyl groups excluding tert-OH is 1. The van der Waals surface area contributed by atoms with Crippen LogP contribution in [0.15, 0.2) is 18.2 Å². The fraction of sp³-hybridized carbons (Fsp3) is 0.462. The van der Waals surface area contributed by atoms with Gasteiger partial charge in [-0.1, -0.05) is 0 Å². The molecule has 0 bridgehead atoms. The molecule has 2 unspecified atom stereocenters. The molecule has 1 aliphatic heterocycles. The quantitative estimate of drug-likeness (QED) is 0.805. The van der Waals surface area contributed by atoms with Gasteiger partial charge in [-0.3, -0.25) is 0 Å². The zero-order chi connectivity index (χ0) is 15.6. The van der Waals surface area contributed by atoms with Crippen LogP contribution < -0.4 is 9.47 Å². The number of hydrogen-bond acceptors (Lipinski definition) is 6. The zero-order valence-corrected chi connectivity index (χ0v) is 12.2. The summed E-state index contributed by atoms with van der Waals surface area (Å²) in [5, 5.41) is 18.7. The third-order valence-electron chi connectivity index (χ3n) is 3.04. The van der Waals surface area contributed by atoms with Gasteiger partial charge in [-0.15, -0.1) is 0 Å². The molecule has 21 heavy (non-hydrogen) atoms. The molecule has 1 heterocycles. The Labute approximate surface area is 122 Å². The van der Waals surface area contributed by atoms with E-state index < -0.39 is 28.0 Å². The van der Waals surface area contributed by atoms with Crippen LogP contribution in [0.2, 0.25) is 0 Å². The first-order valence-electron chi connectivity index (χ1n) is 6.37. The lowest BCUT2D eigenvalue weighted by atomic mass is 10.2. The van der Waals surface area contributed by atoms with Gasteiger partial charge in [-0.2, -0.15) is 0 Å². The van der Waals surface area contributed by atoms with E-state index in [9.17, 15) is 18.3 Å². The van der Waals surface area contributed by atoms with Crippen LogP contribution in [-0.4, -0.2) is 54.9 Å². The lowest BCUT2D eigenvalue weighted by molar-refractivity contribution is 0.0687. The first kappa shape index (κ1) is 15.6. The average Bonchev–Trinajstić information content (AvgIpc) is 2.64. The van der Waals surface area contributed by atoms with Crippen LogP contribution in [0, 0.1) is 0 Å². The highest BCUT2D eigenvalue weighted by atomic mass is 32.2. The molecule has 0 aliphatic carbocycles. The van der Waals surface area contributed by atoms with Crippen LogP contribution in [0.25, 0.3) is 0 Å². The van der Waals surface area contributed by atoms with Crippen LogP contribution >= 0.6 is 0 Å². The van der Waals surface area contributed by atoms with Crippen molar-refractivity contribution in [1.29, 1.82) is 0 Å². The number of hydrogen-bond donors (Lipinski definition) is 2. The molecule has 1 aromatic carbocycles. The van der Waals surface area contributed by atoms with Gasteiger partial charge in [-0.05, 0) is 25.1 Å². The summed E-state index contributed by atoms with van der Waals surface area (Å²) in [6.45, 7) is 2.02. The highest BCUT2D eigenvalue weighted by Crippen LogP contribution is 2.31. The first-order valence-corrected chi connectivity index (χ1v) is 8.20. The summed E-state index contributed by atoms with van der Waals surface area (Å²) in [6.07, 6.45) is -1.99. The minimum absolute atomic E-state index is 0.0328. The molecule has 8 heteroatoms. The summed E-state index contributed by atoms with van der Waals surface area (Å²) in [5.41, 5.74) is 0.0328. The van der Waals surface area contributed by atoms with E-state index in [0.717, 1.165) is 0 Å². The molecular formula is C13H16O7S. The zero-order valence-electron chi connectivity index (χ0n) is 11.4. The van der Waals surface area contributed by atoms with Gasteiger partial charge in [0.1, 0.15) is 12.2 Å². The van der Waals surface area contributed by atoms with E-state index in [-0.39, 0.29) is 28.6 Å². The summed E-state index contributed by atoms with van der Waals surface area (Å²) < 4.78 is 33.7. The molecule has 2 atom stereocenters. The molecule has 116 valence electrons. The van der Waals surface area contributed by atoms with Crippen molar-refractivity contribution in [1.82, 2.24) is 0 Å². The fourth-order valence-corrected chi connectivity index (χ4v) is 3.74.